The SMILES string of the molecule is Cc1cc([C@H]2NCC[C@@H](C3C=CC=C(Cl)C3)[C@]23C(=O)Nc2cc(Cl)ccc23)n(C)n1. The van der Waals surface area contributed by atoms with Crippen LogP contribution in [0.1, 0.15) is 35.8 Å². The lowest BCUT2D eigenvalue weighted by Gasteiger charge is -2.49. The van der Waals surface area contributed by atoms with Gasteiger partial charge in [0.15, 0.2) is 0 Å². The predicted octanol–water partition coefficient (Wildman–Crippen LogP) is 4.62. The Morgan fingerprint density at radius 2 is 2.10 bits per heavy atom. The van der Waals surface area contributed by atoms with Crippen LogP contribution in [-0.2, 0) is 17.3 Å². The first-order chi connectivity index (χ1) is 14.4. The van der Waals surface area contributed by atoms with Gasteiger partial charge < -0.3 is 10.6 Å². The van der Waals surface area contributed by atoms with Crippen LogP contribution in [0.5, 0.6) is 0 Å². The number of fused-ring (bicyclic) bond motifs is 2. The van der Waals surface area contributed by atoms with E-state index in [1.165, 1.54) is 0 Å². The summed E-state index contributed by atoms with van der Waals surface area (Å²) >= 11 is 12.7. The van der Waals surface area contributed by atoms with E-state index in [4.69, 9.17) is 23.2 Å². The number of carbonyl (C=O) groups excluding carboxylic acids is 1. The van der Waals surface area contributed by atoms with Gasteiger partial charge in [0.25, 0.3) is 0 Å². The summed E-state index contributed by atoms with van der Waals surface area (Å²) in [5.41, 5.74) is 2.96. The molecule has 0 radical (unpaired) electrons. The number of nitrogens with zero attached hydrogens (tertiary/aromatic N) is 2. The van der Waals surface area contributed by atoms with Gasteiger partial charge in [-0.2, -0.15) is 5.10 Å². The molecule has 5 rings (SSSR count). The minimum absolute atomic E-state index is 0.0138. The third-order valence-electron chi connectivity index (χ3n) is 6.81. The number of piperidine rings is 1. The zero-order valence-electron chi connectivity index (χ0n) is 17.0. The highest BCUT2D eigenvalue weighted by molar-refractivity contribution is 6.31. The topological polar surface area (TPSA) is 59.0 Å². The summed E-state index contributed by atoms with van der Waals surface area (Å²) in [5.74, 6) is 0.272. The van der Waals surface area contributed by atoms with E-state index in [9.17, 15) is 4.79 Å². The summed E-state index contributed by atoms with van der Waals surface area (Å²) in [7, 11) is 1.94. The molecule has 30 heavy (non-hydrogen) atoms. The third kappa shape index (κ3) is 2.87. The number of aromatic nitrogens is 2. The van der Waals surface area contributed by atoms with Gasteiger partial charge >= 0.3 is 0 Å². The molecule has 2 N–H and O–H groups in total. The summed E-state index contributed by atoms with van der Waals surface area (Å²) in [6.07, 6.45) is 7.79. The standard InChI is InChI=1S/C23H24Cl2N4O/c1-13-10-20(29(2)28-13)21-23(18-7-6-16(25)12-19(18)27-22(23)30)17(8-9-26-21)14-4-3-5-15(24)11-14/h3-7,10,12,14,17,21,26H,8-9,11H2,1-2H3,(H,27,30)/t14?,17-,21+,23+/m0/s1. The molecule has 1 amide bonds. The molecule has 1 saturated heterocycles. The molecule has 2 aliphatic heterocycles. The van der Waals surface area contributed by atoms with E-state index in [-0.39, 0.29) is 23.8 Å². The molecule has 1 fully saturated rings. The Morgan fingerprint density at radius 1 is 1.27 bits per heavy atom. The normalized spacial score (nSPS) is 30.3. The van der Waals surface area contributed by atoms with Crippen LogP contribution in [0.2, 0.25) is 5.02 Å². The molecule has 1 spiro atoms. The van der Waals surface area contributed by atoms with Gasteiger partial charge in [0.05, 0.1) is 17.4 Å². The van der Waals surface area contributed by atoms with Crippen LogP contribution >= 0.6 is 23.2 Å². The number of halogens is 2. The summed E-state index contributed by atoms with van der Waals surface area (Å²) in [6, 6.07) is 7.61. The van der Waals surface area contributed by atoms with E-state index in [1.54, 1.807) is 0 Å². The maximum absolute atomic E-state index is 13.9. The molecule has 1 aromatic carbocycles. The number of carbonyl (C=O) groups is 1. The van der Waals surface area contributed by atoms with Gasteiger partial charge in [0.2, 0.25) is 5.91 Å². The maximum atomic E-state index is 13.9. The number of benzene rings is 1. The fraction of sp³-hybridized carbons (Fsp3) is 0.391. The molecule has 2 aromatic rings. The molecule has 156 valence electrons. The number of hydrogen-bond donors (Lipinski definition) is 2. The smallest absolute Gasteiger partial charge is 0.237 e. The number of anilines is 1. The second-order valence-electron chi connectivity index (χ2n) is 8.50. The Kier molecular flexibility index (Phi) is 4.80. The second-order valence-corrected chi connectivity index (χ2v) is 9.42. The van der Waals surface area contributed by atoms with Crippen molar-refractivity contribution in [1.82, 2.24) is 15.1 Å². The van der Waals surface area contributed by atoms with Gasteiger partial charge in [-0.05, 0) is 68.0 Å². The number of nitrogens with one attached hydrogen (secondary N) is 2. The average molecular weight is 443 g/mol. The molecule has 3 heterocycles. The number of aryl methyl sites for hydroxylation is 2. The molecule has 4 atom stereocenters. The first-order valence-electron chi connectivity index (χ1n) is 10.3. The molecule has 0 saturated carbocycles. The first kappa shape index (κ1) is 19.9. The lowest BCUT2D eigenvalue weighted by Crippen LogP contribution is -2.58. The second kappa shape index (κ2) is 7.26. The minimum Gasteiger partial charge on any atom is -0.325 e. The number of rotatable bonds is 2. The maximum Gasteiger partial charge on any atom is 0.237 e. The van der Waals surface area contributed by atoms with Gasteiger partial charge in [0.1, 0.15) is 5.41 Å². The van der Waals surface area contributed by atoms with Gasteiger partial charge in [0, 0.05) is 22.8 Å². The van der Waals surface area contributed by atoms with Gasteiger partial charge in [-0.25, -0.2) is 0 Å². The molecule has 0 bridgehead atoms. The fourth-order valence-corrected chi connectivity index (χ4v) is 6.12. The summed E-state index contributed by atoms with van der Waals surface area (Å²) in [6.45, 7) is 2.80. The van der Waals surface area contributed by atoms with E-state index in [0.717, 1.165) is 47.1 Å². The van der Waals surface area contributed by atoms with Gasteiger partial charge in [-0.15, -0.1) is 0 Å². The average Bonchev–Trinajstić information content (AvgIpc) is 3.18. The molecular weight excluding hydrogens is 419 g/mol. The molecule has 1 aromatic heterocycles. The van der Waals surface area contributed by atoms with Crippen molar-refractivity contribution in [3.8, 4) is 0 Å². The van der Waals surface area contributed by atoms with Crippen LogP contribution < -0.4 is 10.6 Å². The van der Waals surface area contributed by atoms with Crippen molar-refractivity contribution in [2.24, 2.45) is 18.9 Å². The Hall–Kier alpha value is -2.08. The van der Waals surface area contributed by atoms with Crippen molar-refractivity contribution in [2.45, 2.75) is 31.2 Å². The van der Waals surface area contributed by atoms with Gasteiger partial charge in [-0.1, -0.05) is 41.4 Å². The summed E-state index contributed by atoms with van der Waals surface area (Å²) in [4.78, 5) is 13.9. The Bertz CT molecular complexity index is 1090. The molecule has 1 aliphatic carbocycles. The molecule has 1 unspecified atom stereocenters. The summed E-state index contributed by atoms with van der Waals surface area (Å²) < 4.78 is 1.89. The minimum atomic E-state index is -0.776. The monoisotopic (exact) mass is 442 g/mol. The van der Waals surface area contributed by atoms with Crippen LogP contribution in [0.3, 0.4) is 0 Å². The highest BCUT2D eigenvalue weighted by Gasteiger charge is 2.61. The van der Waals surface area contributed by atoms with Crippen LogP contribution in [0.15, 0.2) is 47.5 Å². The first-order valence-corrected chi connectivity index (χ1v) is 11.0. The van der Waals surface area contributed by atoms with Gasteiger partial charge in [-0.3, -0.25) is 9.48 Å². The number of hydrogen-bond acceptors (Lipinski definition) is 3. The van der Waals surface area contributed by atoms with E-state index in [0.29, 0.717) is 5.02 Å². The van der Waals surface area contributed by atoms with Crippen molar-refractivity contribution in [3.63, 3.8) is 0 Å². The molecule has 5 nitrogen and oxygen atoms in total. The molecule has 3 aliphatic rings. The van der Waals surface area contributed by atoms with Crippen molar-refractivity contribution in [1.29, 1.82) is 0 Å². The zero-order valence-corrected chi connectivity index (χ0v) is 18.5. The molecule has 7 heteroatoms. The number of amides is 1. The van der Waals surface area contributed by atoms with E-state index in [2.05, 4.69) is 27.9 Å². The zero-order chi connectivity index (χ0) is 21.0. The lowest BCUT2D eigenvalue weighted by molar-refractivity contribution is -0.126. The summed E-state index contributed by atoms with van der Waals surface area (Å²) in [5, 5.41) is 12.8. The van der Waals surface area contributed by atoms with Crippen molar-refractivity contribution in [2.75, 3.05) is 11.9 Å². The largest absolute Gasteiger partial charge is 0.325 e. The van der Waals surface area contributed by atoms with Crippen molar-refractivity contribution < 1.29 is 4.79 Å². The lowest BCUT2D eigenvalue weighted by atomic mass is 9.57. The number of allylic oxidation sites excluding steroid dienone is 4. The third-order valence-corrected chi connectivity index (χ3v) is 7.33. The Morgan fingerprint density at radius 3 is 2.83 bits per heavy atom. The van der Waals surface area contributed by atoms with Crippen molar-refractivity contribution in [3.05, 3.63) is 69.5 Å². The highest BCUT2D eigenvalue weighted by Crippen LogP contribution is 2.57. The van der Waals surface area contributed by atoms with Crippen LogP contribution in [0, 0.1) is 18.8 Å². The van der Waals surface area contributed by atoms with Crippen LogP contribution in [0.25, 0.3) is 0 Å². The predicted molar refractivity (Wildman–Crippen MR) is 120 cm³/mol. The Labute approximate surface area is 186 Å². The fourth-order valence-electron chi connectivity index (χ4n) is 5.70. The molecular formula is C23H24Cl2N4O. The highest BCUT2D eigenvalue weighted by atomic mass is 35.5. The quantitative estimate of drug-likeness (QED) is 0.712. The van der Waals surface area contributed by atoms with E-state index in [1.807, 2.05) is 49.0 Å². The van der Waals surface area contributed by atoms with Crippen molar-refractivity contribution >= 4 is 34.8 Å². The van der Waals surface area contributed by atoms with Crippen LogP contribution in [0.4, 0.5) is 5.69 Å². The Balaban J connectivity index is 1.73. The van der Waals surface area contributed by atoms with E-state index < -0.39 is 5.41 Å². The van der Waals surface area contributed by atoms with Crippen LogP contribution in [-0.4, -0.2) is 22.2 Å². The van der Waals surface area contributed by atoms with E-state index >= 15 is 0 Å².